The molecule has 0 atom stereocenters. The SMILES string of the molecule is CCc1c(OC)ccc(OC)c1C=O. The number of hydrogen-bond acceptors (Lipinski definition) is 3. The van der Waals surface area contributed by atoms with Crippen LogP contribution < -0.4 is 9.47 Å². The summed E-state index contributed by atoms with van der Waals surface area (Å²) in [5.41, 5.74) is 1.47. The first-order valence-corrected chi connectivity index (χ1v) is 4.47. The fourth-order valence-electron chi connectivity index (χ4n) is 1.49. The number of hydrogen-bond donors (Lipinski definition) is 0. The highest BCUT2D eigenvalue weighted by Gasteiger charge is 2.11. The first-order chi connectivity index (χ1) is 6.78. The van der Waals surface area contributed by atoms with Crippen LogP contribution >= 0.6 is 0 Å². The summed E-state index contributed by atoms with van der Waals surface area (Å²) in [4.78, 5) is 10.9. The second-order valence-corrected chi connectivity index (χ2v) is 2.83. The molecule has 0 unspecified atom stereocenters. The summed E-state index contributed by atoms with van der Waals surface area (Å²) in [7, 11) is 3.14. The zero-order chi connectivity index (χ0) is 10.6. The van der Waals surface area contributed by atoms with Crippen LogP contribution in [0.4, 0.5) is 0 Å². The lowest BCUT2D eigenvalue weighted by atomic mass is 10.0. The topological polar surface area (TPSA) is 35.5 Å². The van der Waals surface area contributed by atoms with Gasteiger partial charge in [-0.2, -0.15) is 0 Å². The van der Waals surface area contributed by atoms with Crippen LogP contribution in [0.5, 0.6) is 11.5 Å². The quantitative estimate of drug-likeness (QED) is 0.688. The van der Waals surface area contributed by atoms with Crippen LogP contribution in [-0.2, 0) is 6.42 Å². The summed E-state index contributed by atoms with van der Waals surface area (Å²) < 4.78 is 10.3. The van der Waals surface area contributed by atoms with Crippen molar-refractivity contribution < 1.29 is 14.3 Å². The zero-order valence-electron chi connectivity index (χ0n) is 8.66. The number of rotatable bonds is 4. The number of aldehydes is 1. The molecular weight excluding hydrogens is 180 g/mol. The molecule has 0 aliphatic rings. The fourth-order valence-corrected chi connectivity index (χ4v) is 1.49. The predicted octanol–water partition coefficient (Wildman–Crippen LogP) is 2.08. The highest BCUT2D eigenvalue weighted by Crippen LogP contribution is 2.29. The summed E-state index contributed by atoms with van der Waals surface area (Å²) in [6, 6.07) is 3.55. The van der Waals surface area contributed by atoms with Gasteiger partial charge >= 0.3 is 0 Å². The van der Waals surface area contributed by atoms with E-state index in [4.69, 9.17) is 9.47 Å². The Labute approximate surface area is 83.6 Å². The van der Waals surface area contributed by atoms with E-state index in [1.165, 1.54) is 0 Å². The summed E-state index contributed by atoms with van der Waals surface area (Å²) in [5, 5.41) is 0. The molecule has 1 rings (SSSR count). The second kappa shape index (κ2) is 4.65. The Morgan fingerprint density at radius 1 is 1.21 bits per heavy atom. The molecular formula is C11H14O3. The van der Waals surface area contributed by atoms with Gasteiger partial charge in [-0.15, -0.1) is 0 Å². The molecule has 0 radical (unpaired) electrons. The van der Waals surface area contributed by atoms with Gasteiger partial charge in [-0.05, 0) is 18.6 Å². The number of ether oxygens (including phenoxy) is 2. The fraction of sp³-hybridized carbons (Fsp3) is 0.364. The molecule has 0 aliphatic carbocycles. The van der Waals surface area contributed by atoms with Crippen molar-refractivity contribution in [1.29, 1.82) is 0 Å². The molecule has 0 heterocycles. The minimum atomic E-state index is 0.578. The second-order valence-electron chi connectivity index (χ2n) is 2.83. The molecule has 3 nitrogen and oxygen atoms in total. The molecule has 0 amide bonds. The molecule has 0 saturated carbocycles. The Morgan fingerprint density at radius 3 is 2.21 bits per heavy atom. The van der Waals surface area contributed by atoms with E-state index in [-0.39, 0.29) is 0 Å². The van der Waals surface area contributed by atoms with Crippen LogP contribution in [0.2, 0.25) is 0 Å². The average molecular weight is 194 g/mol. The third-order valence-corrected chi connectivity index (χ3v) is 2.19. The maximum atomic E-state index is 10.9. The first kappa shape index (κ1) is 10.6. The van der Waals surface area contributed by atoms with E-state index in [0.29, 0.717) is 11.3 Å². The minimum Gasteiger partial charge on any atom is -0.496 e. The van der Waals surface area contributed by atoms with Crippen molar-refractivity contribution in [2.24, 2.45) is 0 Å². The third kappa shape index (κ3) is 1.71. The summed E-state index contributed by atoms with van der Waals surface area (Å²) in [5.74, 6) is 1.33. The number of carbonyl (C=O) groups excluding carboxylic acids is 1. The highest BCUT2D eigenvalue weighted by molar-refractivity contribution is 5.83. The van der Waals surface area contributed by atoms with Gasteiger partial charge in [0.05, 0.1) is 19.8 Å². The number of methoxy groups -OCH3 is 2. The van der Waals surface area contributed by atoms with Crippen molar-refractivity contribution in [3.63, 3.8) is 0 Å². The molecule has 0 spiro atoms. The smallest absolute Gasteiger partial charge is 0.154 e. The lowest BCUT2D eigenvalue weighted by Gasteiger charge is -2.12. The van der Waals surface area contributed by atoms with Gasteiger partial charge in [-0.25, -0.2) is 0 Å². The van der Waals surface area contributed by atoms with E-state index in [9.17, 15) is 4.79 Å². The molecule has 1 aromatic rings. The lowest BCUT2D eigenvalue weighted by Crippen LogP contribution is -1.99. The molecule has 0 bridgehead atoms. The van der Waals surface area contributed by atoms with Crippen LogP contribution in [0.3, 0.4) is 0 Å². The van der Waals surface area contributed by atoms with Crippen LogP contribution in [-0.4, -0.2) is 20.5 Å². The Bertz CT molecular complexity index is 332. The summed E-state index contributed by atoms with van der Waals surface area (Å²) >= 11 is 0. The van der Waals surface area contributed by atoms with Crippen molar-refractivity contribution in [1.82, 2.24) is 0 Å². The van der Waals surface area contributed by atoms with E-state index in [2.05, 4.69) is 0 Å². The monoisotopic (exact) mass is 194 g/mol. The summed E-state index contributed by atoms with van der Waals surface area (Å²) in [6.45, 7) is 1.98. The first-order valence-electron chi connectivity index (χ1n) is 4.47. The zero-order valence-corrected chi connectivity index (χ0v) is 8.66. The van der Waals surface area contributed by atoms with Crippen LogP contribution in [0, 0.1) is 0 Å². The van der Waals surface area contributed by atoms with Crippen molar-refractivity contribution in [3.05, 3.63) is 23.3 Å². The van der Waals surface area contributed by atoms with E-state index in [1.54, 1.807) is 20.3 Å². The molecule has 1 aromatic carbocycles. The van der Waals surface area contributed by atoms with E-state index < -0.39 is 0 Å². The minimum absolute atomic E-state index is 0.578. The third-order valence-electron chi connectivity index (χ3n) is 2.19. The molecule has 0 saturated heterocycles. The maximum absolute atomic E-state index is 10.9. The lowest BCUT2D eigenvalue weighted by molar-refractivity contribution is 0.111. The largest absolute Gasteiger partial charge is 0.496 e. The van der Waals surface area contributed by atoms with Gasteiger partial charge in [-0.1, -0.05) is 6.92 Å². The Hall–Kier alpha value is -1.51. The van der Waals surface area contributed by atoms with Crippen molar-refractivity contribution in [2.45, 2.75) is 13.3 Å². The Morgan fingerprint density at radius 2 is 1.79 bits per heavy atom. The molecule has 0 aliphatic heterocycles. The number of benzene rings is 1. The van der Waals surface area contributed by atoms with Crippen LogP contribution in [0.15, 0.2) is 12.1 Å². The molecule has 14 heavy (non-hydrogen) atoms. The van der Waals surface area contributed by atoms with Crippen molar-refractivity contribution in [2.75, 3.05) is 14.2 Å². The highest BCUT2D eigenvalue weighted by atomic mass is 16.5. The van der Waals surface area contributed by atoms with Gasteiger partial charge in [0.2, 0.25) is 0 Å². The van der Waals surface area contributed by atoms with Crippen LogP contribution in [0.1, 0.15) is 22.8 Å². The predicted molar refractivity (Wildman–Crippen MR) is 54.3 cm³/mol. The summed E-state index contributed by atoms with van der Waals surface area (Å²) in [6.07, 6.45) is 1.55. The van der Waals surface area contributed by atoms with Crippen molar-refractivity contribution >= 4 is 6.29 Å². The van der Waals surface area contributed by atoms with E-state index in [0.717, 1.165) is 24.0 Å². The van der Waals surface area contributed by atoms with Gasteiger partial charge in [0.15, 0.2) is 6.29 Å². The number of carbonyl (C=O) groups is 1. The molecule has 3 heteroatoms. The molecule has 0 fully saturated rings. The normalized spacial score (nSPS) is 9.64. The maximum Gasteiger partial charge on any atom is 0.154 e. The van der Waals surface area contributed by atoms with Gasteiger partial charge in [0.1, 0.15) is 11.5 Å². The molecule has 0 aromatic heterocycles. The average Bonchev–Trinajstić information content (AvgIpc) is 2.26. The Kier molecular flexibility index (Phi) is 3.51. The van der Waals surface area contributed by atoms with Crippen LogP contribution in [0.25, 0.3) is 0 Å². The van der Waals surface area contributed by atoms with E-state index >= 15 is 0 Å². The van der Waals surface area contributed by atoms with Gasteiger partial charge < -0.3 is 9.47 Å². The molecule has 76 valence electrons. The van der Waals surface area contributed by atoms with E-state index in [1.807, 2.05) is 13.0 Å². The standard InChI is InChI=1S/C11H14O3/c1-4-8-9(7-12)11(14-3)6-5-10(8)13-2/h5-7H,4H2,1-3H3. The van der Waals surface area contributed by atoms with Gasteiger partial charge in [0.25, 0.3) is 0 Å². The van der Waals surface area contributed by atoms with Gasteiger partial charge in [-0.3, -0.25) is 4.79 Å². The molecule has 0 N–H and O–H groups in total. The van der Waals surface area contributed by atoms with Crippen molar-refractivity contribution in [3.8, 4) is 11.5 Å². The Balaban J connectivity index is 3.35. The van der Waals surface area contributed by atoms with Gasteiger partial charge in [0, 0.05) is 5.56 Å².